The molecule has 1 aromatic heterocycles. The predicted molar refractivity (Wildman–Crippen MR) is 91.2 cm³/mol. The molecule has 0 unspecified atom stereocenters. The van der Waals surface area contributed by atoms with Gasteiger partial charge in [-0.3, -0.25) is 0 Å². The van der Waals surface area contributed by atoms with Crippen LogP contribution in [0.15, 0.2) is 18.2 Å². The predicted octanol–water partition coefficient (Wildman–Crippen LogP) is 3.00. The molecule has 1 heterocycles. The van der Waals surface area contributed by atoms with Crippen LogP contribution in [-0.2, 0) is 13.0 Å². The molecule has 0 aliphatic rings. The molecular weight excluding hydrogens is 274 g/mol. The van der Waals surface area contributed by atoms with E-state index in [-0.39, 0.29) is 6.10 Å². The maximum Gasteiger partial charge on any atom is 0.121 e. The third kappa shape index (κ3) is 4.02. The van der Waals surface area contributed by atoms with E-state index in [9.17, 15) is 0 Å². The van der Waals surface area contributed by atoms with Crippen molar-refractivity contribution < 1.29 is 4.74 Å². The second kappa shape index (κ2) is 7.33. The van der Waals surface area contributed by atoms with Gasteiger partial charge < -0.3 is 14.6 Å². The summed E-state index contributed by atoms with van der Waals surface area (Å²) in [7, 11) is 0. The number of benzene rings is 1. The number of terminal acetylenes is 1. The Balaban J connectivity index is 2.29. The van der Waals surface area contributed by atoms with Crippen molar-refractivity contribution in [1.82, 2.24) is 14.9 Å². The average molecular weight is 299 g/mol. The summed E-state index contributed by atoms with van der Waals surface area (Å²) in [4.78, 5) is 4.74. The highest BCUT2D eigenvalue weighted by Crippen LogP contribution is 2.23. The minimum atomic E-state index is 0.153. The number of nitrogens with one attached hydrogen (secondary N) is 1. The second-order valence-corrected chi connectivity index (χ2v) is 5.99. The first-order valence-electron chi connectivity index (χ1n) is 7.84. The van der Waals surface area contributed by atoms with Gasteiger partial charge >= 0.3 is 0 Å². The third-order valence-electron chi connectivity index (χ3n) is 3.32. The lowest BCUT2D eigenvalue weighted by molar-refractivity contribution is 0.242. The molecule has 0 radical (unpaired) electrons. The van der Waals surface area contributed by atoms with Gasteiger partial charge in [-0.25, -0.2) is 4.98 Å². The highest BCUT2D eigenvalue weighted by Gasteiger charge is 2.11. The Morgan fingerprint density at radius 3 is 2.73 bits per heavy atom. The SMILES string of the molecule is C#CCn1c(CCNC(C)C)nc2cc(OC(C)C)ccc21. The van der Waals surface area contributed by atoms with Crippen LogP contribution < -0.4 is 10.1 Å². The van der Waals surface area contributed by atoms with Crippen LogP contribution in [0.5, 0.6) is 5.75 Å². The molecule has 2 aromatic rings. The van der Waals surface area contributed by atoms with Crippen molar-refractivity contribution in [3.8, 4) is 18.1 Å². The smallest absolute Gasteiger partial charge is 0.121 e. The van der Waals surface area contributed by atoms with Gasteiger partial charge in [0.15, 0.2) is 0 Å². The normalized spacial score (nSPS) is 11.3. The highest BCUT2D eigenvalue weighted by molar-refractivity contribution is 5.78. The number of imidazole rings is 1. The molecule has 22 heavy (non-hydrogen) atoms. The van der Waals surface area contributed by atoms with E-state index in [1.54, 1.807) is 0 Å². The van der Waals surface area contributed by atoms with Crippen molar-refractivity contribution in [3.63, 3.8) is 0 Å². The molecule has 1 aromatic carbocycles. The van der Waals surface area contributed by atoms with E-state index in [1.807, 2.05) is 32.0 Å². The van der Waals surface area contributed by atoms with Gasteiger partial charge in [0.2, 0.25) is 0 Å². The zero-order chi connectivity index (χ0) is 16.1. The average Bonchev–Trinajstić information content (AvgIpc) is 2.76. The monoisotopic (exact) mass is 299 g/mol. The van der Waals surface area contributed by atoms with Gasteiger partial charge in [-0.1, -0.05) is 19.8 Å². The Hall–Kier alpha value is -1.99. The maximum absolute atomic E-state index is 5.74. The van der Waals surface area contributed by atoms with E-state index in [0.717, 1.165) is 35.6 Å². The van der Waals surface area contributed by atoms with E-state index >= 15 is 0 Å². The maximum atomic E-state index is 5.74. The van der Waals surface area contributed by atoms with Gasteiger partial charge in [-0.05, 0) is 26.0 Å². The molecule has 4 nitrogen and oxygen atoms in total. The molecule has 2 rings (SSSR count). The molecule has 0 spiro atoms. The molecule has 0 aliphatic carbocycles. The van der Waals surface area contributed by atoms with Crippen molar-refractivity contribution in [1.29, 1.82) is 0 Å². The summed E-state index contributed by atoms with van der Waals surface area (Å²) in [5.74, 6) is 4.58. The molecule has 0 atom stereocenters. The molecule has 118 valence electrons. The van der Waals surface area contributed by atoms with Crippen LogP contribution in [0.3, 0.4) is 0 Å². The number of ether oxygens (including phenoxy) is 1. The summed E-state index contributed by atoms with van der Waals surface area (Å²) >= 11 is 0. The standard InChI is InChI=1S/C18H25N3O/c1-6-11-21-17-8-7-15(22-14(4)5)12-16(17)20-18(21)9-10-19-13(2)3/h1,7-8,12-14,19H,9-11H2,2-5H3. The van der Waals surface area contributed by atoms with E-state index < -0.39 is 0 Å². The van der Waals surface area contributed by atoms with E-state index in [1.165, 1.54) is 0 Å². The van der Waals surface area contributed by atoms with Gasteiger partial charge in [-0.15, -0.1) is 6.42 Å². The lowest BCUT2D eigenvalue weighted by Crippen LogP contribution is -2.25. The summed E-state index contributed by atoms with van der Waals surface area (Å²) in [6.07, 6.45) is 6.52. The van der Waals surface area contributed by atoms with Gasteiger partial charge in [0, 0.05) is 25.1 Å². The van der Waals surface area contributed by atoms with Crippen molar-refractivity contribution in [2.45, 2.75) is 52.8 Å². The van der Waals surface area contributed by atoms with Crippen molar-refractivity contribution in [3.05, 3.63) is 24.0 Å². The van der Waals surface area contributed by atoms with Crippen LogP contribution in [0.4, 0.5) is 0 Å². The highest BCUT2D eigenvalue weighted by atomic mass is 16.5. The zero-order valence-corrected chi connectivity index (χ0v) is 13.9. The van der Waals surface area contributed by atoms with Crippen LogP contribution in [0, 0.1) is 12.3 Å². The number of hydrogen-bond donors (Lipinski definition) is 1. The summed E-state index contributed by atoms with van der Waals surface area (Å²) in [6.45, 7) is 9.74. The summed E-state index contributed by atoms with van der Waals surface area (Å²) in [6, 6.07) is 6.47. The Kier molecular flexibility index (Phi) is 5.46. The van der Waals surface area contributed by atoms with Crippen LogP contribution in [-0.4, -0.2) is 28.2 Å². The van der Waals surface area contributed by atoms with Gasteiger partial charge in [0.05, 0.1) is 23.7 Å². The molecule has 0 saturated carbocycles. The molecule has 0 bridgehead atoms. The van der Waals surface area contributed by atoms with E-state index in [2.05, 4.69) is 29.7 Å². The Morgan fingerprint density at radius 2 is 2.09 bits per heavy atom. The lowest BCUT2D eigenvalue weighted by Gasteiger charge is -2.10. The zero-order valence-electron chi connectivity index (χ0n) is 13.9. The van der Waals surface area contributed by atoms with Gasteiger partial charge in [0.1, 0.15) is 11.6 Å². The summed E-state index contributed by atoms with van der Waals surface area (Å²) in [5.41, 5.74) is 2.00. The number of nitrogens with zero attached hydrogens (tertiary/aromatic N) is 2. The van der Waals surface area contributed by atoms with Crippen LogP contribution in [0.1, 0.15) is 33.5 Å². The fourth-order valence-corrected chi connectivity index (χ4v) is 2.44. The van der Waals surface area contributed by atoms with Crippen LogP contribution >= 0.6 is 0 Å². The number of hydrogen-bond acceptors (Lipinski definition) is 3. The number of rotatable bonds is 7. The van der Waals surface area contributed by atoms with Crippen LogP contribution in [0.25, 0.3) is 11.0 Å². The van der Waals surface area contributed by atoms with Crippen LogP contribution in [0.2, 0.25) is 0 Å². The molecule has 0 fully saturated rings. The Bertz CT molecular complexity index is 665. The number of aromatic nitrogens is 2. The number of fused-ring (bicyclic) bond motifs is 1. The van der Waals surface area contributed by atoms with Crippen molar-refractivity contribution in [2.75, 3.05) is 6.54 Å². The van der Waals surface area contributed by atoms with Gasteiger partial charge in [0.25, 0.3) is 0 Å². The molecule has 4 heteroatoms. The minimum absolute atomic E-state index is 0.153. The fraction of sp³-hybridized carbons (Fsp3) is 0.500. The lowest BCUT2D eigenvalue weighted by atomic mass is 10.3. The van der Waals surface area contributed by atoms with Crippen molar-refractivity contribution >= 4 is 11.0 Å². The molecular formula is C18H25N3O. The largest absolute Gasteiger partial charge is 0.491 e. The topological polar surface area (TPSA) is 39.1 Å². The summed E-state index contributed by atoms with van der Waals surface area (Å²) < 4.78 is 7.85. The van der Waals surface area contributed by atoms with Gasteiger partial charge in [-0.2, -0.15) is 0 Å². The first-order valence-corrected chi connectivity index (χ1v) is 7.84. The molecule has 1 N–H and O–H groups in total. The fourth-order valence-electron chi connectivity index (χ4n) is 2.44. The summed E-state index contributed by atoms with van der Waals surface area (Å²) in [5, 5.41) is 3.42. The first-order chi connectivity index (χ1) is 10.5. The van der Waals surface area contributed by atoms with E-state index in [4.69, 9.17) is 16.1 Å². The Labute approximate surface area is 132 Å². The molecule has 0 saturated heterocycles. The third-order valence-corrected chi connectivity index (χ3v) is 3.32. The molecule has 0 aliphatic heterocycles. The molecule has 0 amide bonds. The quantitative estimate of drug-likeness (QED) is 0.799. The van der Waals surface area contributed by atoms with Crippen molar-refractivity contribution in [2.24, 2.45) is 0 Å². The Morgan fingerprint density at radius 1 is 1.32 bits per heavy atom. The second-order valence-electron chi connectivity index (χ2n) is 5.99. The van der Waals surface area contributed by atoms with E-state index in [0.29, 0.717) is 12.6 Å². The minimum Gasteiger partial charge on any atom is -0.491 e. The first kappa shape index (κ1) is 16.4.